The highest BCUT2D eigenvalue weighted by Gasteiger charge is 2.36. The molecule has 4 nitrogen and oxygen atoms in total. The third-order valence-electron chi connectivity index (χ3n) is 2.54. The Kier molecular flexibility index (Phi) is 5.15. The average Bonchev–Trinajstić information content (AvgIpc) is 2.86. The molecule has 0 aliphatic carbocycles. The van der Waals surface area contributed by atoms with E-state index in [1.165, 1.54) is 5.38 Å². The van der Waals surface area contributed by atoms with E-state index >= 15 is 0 Å². The minimum Gasteiger partial charge on any atom is -0.491 e. The third-order valence-corrected chi connectivity index (χ3v) is 3.48. The molecule has 1 amide bonds. The first kappa shape index (κ1) is 17.1. The second-order valence-corrected chi connectivity index (χ2v) is 5.74. The summed E-state index contributed by atoms with van der Waals surface area (Å²) < 4.78 is 48.4. The number of carbonyl (C=O) groups excluding carboxylic acids is 1. The number of benzene rings is 1. The third kappa shape index (κ3) is 4.88. The Labute approximate surface area is 134 Å². The Hall–Kier alpha value is -2.22. The summed E-state index contributed by atoms with van der Waals surface area (Å²) in [5, 5.41) is 3.58. The van der Waals surface area contributed by atoms with Gasteiger partial charge in [0.25, 0.3) is 0 Å². The molecule has 0 fully saturated rings. The van der Waals surface area contributed by atoms with Crippen molar-refractivity contribution < 1.29 is 27.4 Å². The maximum atomic E-state index is 12.7. The summed E-state index contributed by atoms with van der Waals surface area (Å²) >= 11 is 0.464. The molecule has 124 valence electrons. The molecule has 2 aromatic rings. The number of hydrogen-bond acceptors (Lipinski definition) is 4. The first-order valence-electron chi connectivity index (χ1n) is 6.66. The lowest BCUT2D eigenvalue weighted by Gasteiger charge is -2.12. The lowest BCUT2D eigenvalue weighted by molar-refractivity contribution is -0.135. The van der Waals surface area contributed by atoms with Crippen LogP contribution in [0.4, 0.5) is 23.7 Å². The summed E-state index contributed by atoms with van der Waals surface area (Å²) in [6.45, 7) is 3.70. The van der Waals surface area contributed by atoms with Crippen molar-refractivity contribution >= 4 is 23.1 Å². The van der Waals surface area contributed by atoms with Gasteiger partial charge in [0.15, 0.2) is 10.6 Å². The molecule has 0 atom stereocenters. The van der Waals surface area contributed by atoms with Crippen LogP contribution in [-0.2, 0) is 6.18 Å². The molecule has 1 aromatic heterocycles. The molecule has 0 saturated carbocycles. The van der Waals surface area contributed by atoms with E-state index in [1.54, 1.807) is 24.3 Å². The molecule has 2 rings (SSSR count). The summed E-state index contributed by atoms with van der Waals surface area (Å²) in [5.41, 5.74) is 0.358. The van der Waals surface area contributed by atoms with Crippen LogP contribution in [0, 0.1) is 0 Å². The van der Waals surface area contributed by atoms with Crippen molar-refractivity contribution in [2.24, 2.45) is 0 Å². The second-order valence-electron chi connectivity index (χ2n) is 4.82. The largest absolute Gasteiger partial charge is 0.491 e. The van der Waals surface area contributed by atoms with E-state index in [1.807, 2.05) is 13.8 Å². The van der Waals surface area contributed by atoms with E-state index in [0.717, 1.165) is 6.07 Å². The monoisotopic (exact) mass is 345 g/mol. The van der Waals surface area contributed by atoms with Gasteiger partial charge in [0.2, 0.25) is 0 Å². The van der Waals surface area contributed by atoms with Crippen LogP contribution in [0.15, 0.2) is 35.7 Å². The Bertz CT molecular complexity index is 683. The van der Waals surface area contributed by atoms with Crippen molar-refractivity contribution in [3.05, 3.63) is 40.6 Å². The molecule has 0 saturated heterocycles. The quantitative estimate of drug-likeness (QED) is 0.832. The van der Waals surface area contributed by atoms with Gasteiger partial charge in [0.05, 0.1) is 6.10 Å². The summed E-state index contributed by atoms with van der Waals surface area (Å²) in [5.74, 6) is 0.0129. The van der Waals surface area contributed by atoms with E-state index in [0.29, 0.717) is 22.8 Å². The highest BCUT2D eigenvalue weighted by Crippen LogP contribution is 2.40. The highest BCUT2D eigenvalue weighted by molar-refractivity contribution is 7.10. The van der Waals surface area contributed by atoms with Crippen LogP contribution in [-0.4, -0.2) is 12.2 Å². The van der Waals surface area contributed by atoms with E-state index in [2.05, 4.69) is 5.32 Å². The fourth-order valence-corrected chi connectivity index (χ4v) is 2.43. The van der Waals surface area contributed by atoms with Gasteiger partial charge in [-0.05, 0) is 37.4 Å². The standard InChI is InChI=1S/C15H14F3NO3S/c1-9(2)21-11-5-3-4-10(8-11)19-14(20)22-12-6-7-23-13(12)15(16,17)18/h3-9H,1-2H3,(H,19,20). The number of rotatable bonds is 4. The molecular formula is C15H14F3NO3S. The second kappa shape index (κ2) is 6.91. The maximum Gasteiger partial charge on any atom is 0.429 e. The Morgan fingerprint density at radius 2 is 2.00 bits per heavy atom. The number of hydrogen-bond donors (Lipinski definition) is 1. The van der Waals surface area contributed by atoms with Crippen molar-refractivity contribution in [3.8, 4) is 11.5 Å². The zero-order valence-electron chi connectivity index (χ0n) is 12.3. The van der Waals surface area contributed by atoms with Crippen LogP contribution in [0.2, 0.25) is 0 Å². The molecule has 0 spiro atoms. The fraction of sp³-hybridized carbons (Fsp3) is 0.267. The Balaban J connectivity index is 2.05. The molecule has 1 aromatic carbocycles. The number of halogens is 3. The number of carbonyl (C=O) groups is 1. The van der Waals surface area contributed by atoms with Crippen LogP contribution < -0.4 is 14.8 Å². The van der Waals surface area contributed by atoms with Gasteiger partial charge in [-0.25, -0.2) is 4.79 Å². The lowest BCUT2D eigenvalue weighted by Crippen LogP contribution is -2.18. The predicted octanol–water partition coefficient (Wildman–Crippen LogP) is 5.17. The molecule has 1 N–H and O–H groups in total. The number of thiophene rings is 1. The SMILES string of the molecule is CC(C)Oc1cccc(NC(=O)Oc2ccsc2C(F)(F)F)c1. The van der Waals surface area contributed by atoms with Crippen LogP contribution in [0.3, 0.4) is 0 Å². The topological polar surface area (TPSA) is 47.6 Å². The highest BCUT2D eigenvalue weighted by atomic mass is 32.1. The minimum absolute atomic E-state index is 0.0441. The van der Waals surface area contributed by atoms with Crippen LogP contribution in [0.1, 0.15) is 18.7 Å². The molecule has 23 heavy (non-hydrogen) atoms. The van der Waals surface area contributed by atoms with E-state index in [-0.39, 0.29) is 6.10 Å². The van der Waals surface area contributed by atoms with Crippen LogP contribution in [0.25, 0.3) is 0 Å². The predicted molar refractivity (Wildman–Crippen MR) is 81.2 cm³/mol. The van der Waals surface area contributed by atoms with Crippen LogP contribution >= 0.6 is 11.3 Å². The molecule has 0 aliphatic heterocycles. The summed E-state index contributed by atoms with van der Waals surface area (Å²) in [6.07, 6.45) is -5.61. The normalized spacial score (nSPS) is 11.4. The molecule has 8 heteroatoms. The molecule has 0 aliphatic rings. The summed E-state index contributed by atoms with van der Waals surface area (Å²) in [4.78, 5) is 10.8. The van der Waals surface area contributed by atoms with Gasteiger partial charge in [-0.15, -0.1) is 11.3 Å². The van der Waals surface area contributed by atoms with E-state index in [4.69, 9.17) is 9.47 Å². The van der Waals surface area contributed by atoms with Gasteiger partial charge < -0.3 is 9.47 Å². The summed E-state index contributed by atoms with van der Waals surface area (Å²) in [7, 11) is 0. The smallest absolute Gasteiger partial charge is 0.429 e. The van der Waals surface area contributed by atoms with Gasteiger partial charge in [0, 0.05) is 11.8 Å². The van der Waals surface area contributed by atoms with Gasteiger partial charge in [-0.2, -0.15) is 13.2 Å². The fourth-order valence-electron chi connectivity index (χ4n) is 1.75. The molecular weight excluding hydrogens is 331 g/mol. The summed E-state index contributed by atoms with van der Waals surface area (Å²) in [6, 6.07) is 7.59. The van der Waals surface area contributed by atoms with Crippen molar-refractivity contribution in [3.63, 3.8) is 0 Å². The van der Waals surface area contributed by atoms with Gasteiger partial charge in [-0.3, -0.25) is 5.32 Å². The van der Waals surface area contributed by atoms with Crippen molar-refractivity contribution in [1.82, 2.24) is 0 Å². The minimum atomic E-state index is -4.56. The number of anilines is 1. The van der Waals surface area contributed by atoms with E-state index in [9.17, 15) is 18.0 Å². The van der Waals surface area contributed by atoms with Crippen LogP contribution in [0.5, 0.6) is 11.5 Å². The van der Waals surface area contributed by atoms with Gasteiger partial charge >= 0.3 is 12.3 Å². The molecule has 0 radical (unpaired) electrons. The lowest BCUT2D eigenvalue weighted by atomic mass is 10.3. The van der Waals surface area contributed by atoms with Crippen molar-refractivity contribution in [2.45, 2.75) is 26.1 Å². The maximum absolute atomic E-state index is 12.7. The first-order valence-corrected chi connectivity index (χ1v) is 7.54. The zero-order chi connectivity index (χ0) is 17.0. The van der Waals surface area contributed by atoms with Crippen molar-refractivity contribution in [2.75, 3.05) is 5.32 Å². The first-order chi connectivity index (χ1) is 10.8. The number of ether oxygens (including phenoxy) is 2. The number of alkyl halides is 3. The Morgan fingerprint density at radius 3 is 2.65 bits per heavy atom. The van der Waals surface area contributed by atoms with E-state index < -0.39 is 22.9 Å². The van der Waals surface area contributed by atoms with Gasteiger partial charge in [0.1, 0.15) is 5.75 Å². The van der Waals surface area contributed by atoms with Crippen molar-refractivity contribution in [1.29, 1.82) is 0 Å². The Morgan fingerprint density at radius 1 is 1.26 bits per heavy atom. The molecule has 0 bridgehead atoms. The molecule has 1 heterocycles. The zero-order valence-corrected chi connectivity index (χ0v) is 13.1. The number of nitrogens with one attached hydrogen (secondary N) is 1. The van der Waals surface area contributed by atoms with Gasteiger partial charge in [-0.1, -0.05) is 6.07 Å². The number of amides is 1. The molecule has 0 unspecified atom stereocenters. The average molecular weight is 345 g/mol.